The Kier molecular flexibility index (Phi) is 3.99. The monoisotopic (exact) mass is 375 g/mol. The maximum Gasteiger partial charge on any atom is 0.224 e. The molecule has 0 N–H and O–H groups in total. The van der Waals surface area contributed by atoms with Gasteiger partial charge in [-0.25, -0.2) is 4.98 Å². The van der Waals surface area contributed by atoms with Crippen LogP contribution in [0.5, 0.6) is 11.5 Å². The van der Waals surface area contributed by atoms with Gasteiger partial charge in [0.05, 0.1) is 19.7 Å². The number of hydrogen-bond donors (Lipinski definition) is 0. The Morgan fingerprint density at radius 1 is 1.08 bits per heavy atom. The van der Waals surface area contributed by atoms with Gasteiger partial charge in [-0.05, 0) is 47.8 Å². The SMILES string of the molecule is COc1cc2nc(Cl)nc(N3CC4(C)CC3CC(C)(C)C4)c2cc1OC. The summed E-state index contributed by atoms with van der Waals surface area (Å²) in [5.41, 5.74) is 1.44. The van der Waals surface area contributed by atoms with E-state index < -0.39 is 0 Å². The molecule has 0 spiro atoms. The second-order valence-electron chi connectivity index (χ2n) is 8.88. The number of aromatic nitrogens is 2. The molecule has 1 aromatic carbocycles. The molecule has 2 unspecified atom stereocenters. The third-order valence-electron chi connectivity index (χ3n) is 5.84. The molecular formula is C20H26ClN3O2. The lowest BCUT2D eigenvalue weighted by atomic mass is 9.65. The molecule has 1 saturated carbocycles. The topological polar surface area (TPSA) is 47.5 Å². The van der Waals surface area contributed by atoms with Crippen LogP contribution in [-0.4, -0.2) is 36.8 Å². The lowest BCUT2D eigenvalue weighted by molar-refractivity contribution is 0.136. The predicted octanol–water partition coefficient (Wildman–Crippen LogP) is 4.71. The van der Waals surface area contributed by atoms with Crippen molar-refractivity contribution >= 4 is 28.3 Å². The normalized spacial score (nSPS) is 27.0. The number of ether oxygens (including phenoxy) is 2. The first kappa shape index (κ1) is 17.7. The molecule has 4 rings (SSSR count). The Bertz CT molecular complexity index is 870. The number of halogens is 1. The van der Waals surface area contributed by atoms with Crippen LogP contribution in [0.15, 0.2) is 12.1 Å². The van der Waals surface area contributed by atoms with Crippen LogP contribution >= 0.6 is 11.6 Å². The summed E-state index contributed by atoms with van der Waals surface area (Å²) in [5.74, 6) is 2.24. The van der Waals surface area contributed by atoms with E-state index in [-0.39, 0.29) is 5.28 Å². The highest BCUT2D eigenvalue weighted by Crippen LogP contribution is 2.54. The van der Waals surface area contributed by atoms with Gasteiger partial charge in [0.25, 0.3) is 0 Å². The number of fused-ring (bicyclic) bond motifs is 3. The number of hydrogen-bond acceptors (Lipinski definition) is 5. The zero-order chi connectivity index (χ0) is 18.7. The van der Waals surface area contributed by atoms with Gasteiger partial charge in [-0.3, -0.25) is 0 Å². The van der Waals surface area contributed by atoms with E-state index in [1.807, 2.05) is 12.1 Å². The fourth-order valence-corrected chi connectivity index (χ4v) is 5.51. The van der Waals surface area contributed by atoms with Gasteiger partial charge >= 0.3 is 0 Å². The van der Waals surface area contributed by atoms with E-state index in [1.54, 1.807) is 14.2 Å². The predicted molar refractivity (Wildman–Crippen MR) is 105 cm³/mol. The van der Waals surface area contributed by atoms with Gasteiger partial charge in [0, 0.05) is 24.0 Å². The Labute approximate surface area is 159 Å². The summed E-state index contributed by atoms with van der Waals surface area (Å²) in [6.07, 6.45) is 3.60. The number of rotatable bonds is 3. The molecule has 0 amide bonds. The van der Waals surface area contributed by atoms with Crippen molar-refractivity contribution in [3.63, 3.8) is 0 Å². The van der Waals surface area contributed by atoms with Crippen molar-refractivity contribution in [3.05, 3.63) is 17.4 Å². The molecule has 1 aliphatic heterocycles. The molecule has 2 heterocycles. The van der Waals surface area contributed by atoms with Crippen LogP contribution < -0.4 is 14.4 Å². The average molecular weight is 376 g/mol. The zero-order valence-electron chi connectivity index (χ0n) is 16.1. The smallest absolute Gasteiger partial charge is 0.224 e. The van der Waals surface area contributed by atoms with Gasteiger partial charge in [-0.2, -0.15) is 4.98 Å². The minimum absolute atomic E-state index is 0.269. The Hall–Kier alpha value is -1.75. The highest BCUT2D eigenvalue weighted by molar-refractivity contribution is 6.28. The molecule has 2 aromatic rings. The molecule has 2 atom stereocenters. The fourth-order valence-electron chi connectivity index (χ4n) is 5.34. The maximum atomic E-state index is 6.28. The quantitative estimate of drug-likeness (QED) is 0.727. The van der Waals surface area contributed by atoms with Gasteiger partial charge < -0.3 is 14.4 Å². The Morgan fingerprint density at radius 2 is 1.77 bits per heavy atom. The standard InChI is InChI=1S/C20H26ClN3O2/c1-19(2)8-12-9-20(3,10-19)11-24(12)17-13-6-15(25-4)16(26-5)7-14(13)22-18(21)23-17/h6-7,12H,8-11H2,1-5H3. The first-order valence-corrected chi connectivity index (χ1v) is 9.47. The number of methoxy groups -OCH3 is 2. The number of nitrogens with zero attached hydrogens (tertiary/aromatic N) is 3. The molecule has 6 heteroatoms. The first-order valence-electron chi connectivity index (χ1n) is 9.10. The summed E-state index contributed by atoms with van der Waals surface area (Å²) in [7, 11) is 3.27. The lowest BCUT2D eigenvalue weighted by Crippen LogP contribution is -2.35. The lowest BCUT2D eigenvalue weighted by Gasteiger charge is -2.39. The maximum absolute atomic E-state index is 6.28. The van der Waals surface area contributed by atoms with Crippen molar-refractivity contribution in [3.8, 4) is 11.5 Å². The highest BCUT2D eigenvalue weighted by Gasteiger charge is 2.50. The fraction of sp³-hybridized carbons (Fsp3) is 0.600. The van der Waals surface area contributed by atoms with E-state index in [0.29, 0.717) is 28.4 Å². The molecule has 1 aliphatic carbocycles. The van der Waals surface area contributed by atoms with Crippen molar-refractivity contribution in [2.75, 3.05) is 25.7 Å². The summed E-state index contributed by atoms with van der Waals surface area (Å²) in [6.45, 7) is 8.15. The van der Waals surface area contributed by atoms with E-state index >= 15 is 0 Å². The van der Waals surface area contributed by atoms with Crippen LogP contribution in [0.4, 0.5) is 5.82 Å². The van der Waals surface area contributed by atoms with Crippen LogP contribution in [-0.2, 0) is 0 Å². The summed E-state index contributed by atoms with van der Waals surface area (Å²) in [6, 6.07) is 4.32. The molecule has 140 valence electrons. The van der Waals surface area contributed by atoms with Crippen molar-refractivity contribution in [1.82, 2.24) is 9.97 Å². The van der Waals surface area contributed by atoms with Gasteiger partial charge in [0.1, 0.15) is 5.82 Å². The first-order chi connectivity index (χ1) is 12.2. The molecule has 26 heavy (non-hydrogen) atoms. The van der Waals surface area contributed by atoms with Gasteiger partial charge in [0.2, 0.25) is 5.28 Å². The third kappa shape index (κ3) is 2.86. The summed E-state index contributed by atoms with van der Waals surface area (Å²) in [4.78, 5) is 11.5. The molecule has 1 aromatic heterocycles. The Morgan fingerprint density at radius 3 is 2.46 bits per heavy atom. The molecular weight excluding hydrogens is 350 g/mol. The summed E-state index contributed by atoms with van der Waals surface area (Å²) < 4.78 is 10.9. The summed E-state index contributed by atoms with van der Waals surface area (Å²) in [5, 5.41) is 1.23. The summed E-state index contributed by atoms with van der Waals surface area (Å²) >= 11 is 6.28. The van der Waals surface area contributed by atoms with Gasteiger partial charge in [0.15, 0.2) is 11.5 Å². The molecule has 1 saturated heterocycles. The van der Waals surface area contributed by atoms with Crippen LogP contribution in [0.2, 0.25) is 5.28 Å². The average Bonchev–Trinajstić information content (AvgIpc) is 2.81. The second-order valence-corrected chi connectivity index (χ2v) is 9.22. The molecule has 0 radical (unpaired) electrons. The van der Waals surface area contributed by atoms with E-state index in [0.717, 1.165) is 23.3 Å². The van der Waals surface area contributed by atoms with E-state index in [1.165, 1.54) is 19.3 Å². The number of benzene rings is 1. The Balaban J connectivity index is 1.86. The van der Waals surface area contributed by atoms with Crippen LogP contribution in [0.3, 0.4) is 0 Å². The van der Waals surface area contributed by atoms with Gasteiger partial charge in [-0.15, -0.1) is 0 Å². The molecule has 2 aliphatic rings. The minimum atomic E-state index is 0.269. The molecule has 5 nitrogen and oxygen atoms in total. The highest BCUT2D eigenvalue weighted by atomic mass is 35.5. The number of anilines is 1. The third-order valence-corrected chi connectivity index (χ3v) is 6.01. The van der Waals surface area contributed by atoms with E-state index in [2.05, 4.69) is 35.6 Å². The second kappa shape index (κ2) is 5.88. The minimum Gasteiger partial charge on any atom is -0.493 e. The van der Waals surface area contributed by atoms with Crippen LogP contribution in [0.25, 0.3) is 10.9 Å². The van der Waals surface area contributed by atoms with Crippen LogP contribution in [0.1, 0.15) is 40.0 Å². The van der Waals surface area contributed by atoms with Crippen molar-refractivity contribution in [1.29, 1.82) is 0 Å². The largest absolute Gasteiger partial charge is 0.493 e. The zero-order valence-corrected chi connectivity index (χ0v) is 16.9. The molecule has 2 fully saturated rings. The van der Waals surface area contributed by atoms with Crippen LogP contribution in [0, 0.1) is 10.8 Å². The molecule has 2 bridgehead atoms. The van der Waals surface area contributed by atoms with Crippen molar-refractivity contribution < 1.29 is 9.47 Å². The van der Waals surface area contributed by atoms with E-state index in [4.69, 9.17) is 21.1 Å². The van der Waals surface area contributed by atoms with Crippen molar-refractivity contribution in [2.45, 2.75) is 46.1 Å². The van der Waals surface area contributed by atoms with Gasteiger partial charge in [-0.1, -0.05) is 20.8 Å². The van der Waals surface area contributed by atoms with Crippen molar-refractivity contribution in [2.24, 2.45) is 10.8 Å². The van der Waals surface area contributed by atoms with E-state index in [9.17, 15) is 0 Å².